The first-order valence-electron chi connectivity index (χ1n) is 16.7. The van der Waals surface area contributed by atoms with Gasteiger partial charge in [0.2, 0.25) is 17.7 Å². The SMILES string of the molecule is CCCCN1C/C=C\CCC(=O)N[C@H](C)[C@@H](c2ccccc2)OC(=O)[C@@H]2[C@H]3O[C@@]4(C=C3Br)[C@H](C1=O)N([C@H](CO)c1ccccc1)C(=O)[C@@H]24. The van der Waals surface area contributed by atoms with Gasteiger partial charge in [0.15, 0.2) is 0 Å². The van der Waals surface area contributed by atoms with Gasteiger partial charge in [-0.3, -0.25) is 19.2 Å². The number of ether oxygens (including phenoxy) is 2. The predicted molar refractivity (Wildman–Crippen MR) is 181 cm³/mol. The van der Waals surface area contributed by atoms with Gasteiger partial charge in [-0.2, -0.15) is 0 Å². The lowest BCUT2D eigenvalue weighted by Crippen LogP contribution is -2.57. The number of esters is 1. The molecule has 3 amide bonds. The summed E-state index contributed by atoms with van der Waals surface area (Å²) in [6, 6.07) is 15.7. The molecular formula is C37H42BrN3O7. The van der Waals surface area contributed by atoms with Crippen LogP contribution in [0, 0.1) is 11.8 Å². The maximum atomic E-state index is 14.9. The molecule has 6 rings (SSSR count). The number of allylic oxidation sites excluding steroid dienone is 1. The molecule has 254 valence electrons. The first kappa shape index (κ1) is 34.1. The van der Waals surface area contributed by atoms with Gasteiger partial charge in [0.05, 0.1) is 24.6 Å². The van der Waals surface area contributed by atoms with Crippen molar-refractivity contribution >= 4 is 39.6 Å². The van der Waals surface area contributed by atoms with Crippen LogP contribution in [0.2, 0.25) is 0 Å². The molecule has 2 fully saturated rings. The summed E-state index contributed by atoms with van der Waals surface area (Å²) in [5.41, 5.74) is -0.128. The van der Waals surface area contributed by atoms with E-state index in [2.05, 4.69) is 21.2 Å². The topological polar surface area (TPSA) is 125 Å². The van der Waals surface area contributed by atoms with Crippen LogP contribution in [0.1, 0.15) is 62.8 Å². The Balaban J connectivity index is 1.48. The lowest BCUT2D eigenvalue weighted by Gasteiger charge is -2.39. The smallest absolute Gasteiger partial charge is 0.313 e. The van der Waals surface area contributed by atoms with Gasteiger partial charge in [0.25, 0.3) is 0 Å². The molecular weight excluding hydrogens is 678 g/mol. The number of hydrogen-bond donors (Lipinski definition) is 2. The highest BCUT2D eigenvalue weighted by Gasteiger charge is 2.75. The van der Waals surface area contributed by atoms with E-state index in [1.165, 1.54) is 4.90 Å². The van der Waals surface area contributed by atoms with Crippen LogP contribution in [0.15, 0.2) is 83.4 Å². The van der Waals surface area contributed by atoms with Crippen molar-refractivity contribution in [2.24, 2.45) is 11.8 Å². The third-order valence-electron chi connectivity index (χ3n) is 9.90. The standard InChI is InChI=1S/C37H42BrN3O7/c1-3-4-19-40-20-13-7-12-18-28(43)39-23(2)31(25-16-10-6-11-17-25)47-36(46)29-30-34(44)41(27(22-42)24-14-8-5-9-15-24)33(35(40)45)37(30)21-26(38)32(29)48-37/h5-11,13-17,21,23,27,29-33,42H,3-4,12,18-20,22H2,1-2H3,(H,39,43)/b13-7-/t23-,27-,29+,30-,31+,32+,33+,37-/m1/s1. The predicted octanol–water partition coefficient (Wildman–Crippen LogP) is 4.36. The van der Waals surface area contributed by atoms with Gasteiger partial charge < -0.3 is 29.7 Å². The fraction of sp³-hybridized carbons (Fsp3) is 0.459. The molecule has 8 atom stereocenters. The normalized spacial score (nSPS) is 32.0. The van der Waals surface area contributed by atoms with Gasteiger partial charge in [0, 0.05) is 24.0 Å². The Morgan fingerprint density at radius 2 is 1.71 bits per heavy atom. The Morgan fingerprint density at radius 3 is 2.40 bits per heavy atom. The lowest BCUT2D eigenvalue weighted by molar-refractivity contribution is -0.162. The molecule has 11 heteroatoms. The molecule has 0 aliphatic carbocycles. The molecule has 0 aromatic heterocycles. The summed E-state index contributed by atoms with van der Waals surface area (Å²) in [6.07, 6.45) is 6.08. The van der Waals surface area contributed by atoms with Crippen LogP contribution in [0.3, 0.4) is 0 Å². The molecule has 4 aliphatic rings. The number of halogens is 1. The number of carbonyl (C=O) groups excluding carboxylic acids is 4. The fourth-order valence-electron chi connectivity index (χ4n) is 7.63. The maximum absolute atomic E-state index is 14.9. The van der Waals surface area contributed by atoms with Crippen molar-refractivity contribution in [3.8, 4) is 0 Å². The number of nitrogens with zero attached hydrogens (tertiary/aromatic N) is 2. The van der Waals surface area contributed by atoms with E-state index < -0.39 is 66.3 Å². The van der Waals surface area contributed by atoms with E-state index in [9.17, 15) is 24.3 Å². The Kier molecular flexibility index (Phi) is 10.2. The van der Waals surface area contributed by atoms with E-state index in [-0.39, 0.29) is 24.8 Å². The van der Waals surface area contributed by atoms with Crippen LogP contribution >= 0.6 is 15.9 Å². The van der Waals surface area contributed by atoms with Crippen LogP contribution in [0.25, 0.3) is 0 Å². The quantitative estimate of drug-likeness (QED) is 0.322. The second-order valence-electron chi connectivity index (χ2n) is 13.0. The van der Waals surface area contributed by atoms with Crippen molar-refractivity contribution in [2.45, 2.75) is 75.5 Å². The molecule has 1 spiro atoms. The van der Waals surface area contributed by atoms with Gasteiger partial charge in [-0.15, -0.1) is 0 Å². The van der Waals surface area contributed by atoms with Crippen molar-refractivity contribution in [1.82, 2.24) is 15.1 Å². The van der Waals surface area contributed by atoms with Crippen LogP contribution in [0.5, 0.6) is 0 Å². The molecule has 2 aromatic rings. The van der Waals surface area contributed by atoms with E-state index in [4.69, 9.17) is 9.47 Å². The minimum absolute atomic E-state index is 0.193. The number of likely N-dealkylation sites (tertiary alicyclic amines) is 1. The Hall–Kier alpha value is -3.80. The number of nitrogens with one attached hydrogen (secondary N) is 1. The van der Waals surface area contributed by atoms with Crippen LogP contribution in [-0.4, -0.2) is 82.1 Å². The molecule has 2 aromatic carbocycles. The average Bonchev–Trinajstić information content (AvgIpc) is 3.68. The summed E-state index contributed by atoms with van der Waals surface area (Å²) >= 11 is 3.61. The molecule has 2 saturated heterocycles. The van der Waals surface area contributed by atoms with E-state index in [0.29, 0.717) is 28.6 Å². The molecule has 0 unspecified atom stereocenters. The highest BCUT2D eigenvalue weighted by molar-refractivity contribution is 9.11. The average molecular weight is 721 g/mol. The molecule has 5 bridgehead atoms. The largest absolute Gasteiger partial charge is 0.455 e. The second-order valence-corrected chi connectivity index (χ2v) is 13.9. The minimum Gasteiger partial charge on any atom is -0.455 e. The van der Waals surface area contributed by atoms with E-state index in [0.717, 1.165) is 12.8 Å². The van der Waals surface area contributed by atoms with Crippen LogP contribution in [-0.2, 0) is 28.7 Å². The van der Waals surface area contributed by atoms with Crippen LogP contribution in [0.4, 0.5) is 0 Å². The molecule has 48 heavy (non-hydrogen) atoms. The molecule has 4 heterocycles. The van der Waals surface area contributed by atoms with Gasteiger partial charge in [-0.05, 0) is 37.0 Å². The number of fused-ring (bicyclic) bond motifs is 2. The first-order chi connectivity index (χ1) is 23.2. The third-order valence-corrected chi connectivity index (χ3v) is 10.6. The first-order valence-corrected chi connectivity index (χ1v) is 17.5. The van der Waals surface area contributed by atoms with Crippen molar-refractivity contribution in [3.63, 3.8) is 0 Å². The molecule has 10 nitrogen and oxygen atoms in total. The van der Waals surface area contributed by atoms with Gasteiger partial charge in [-0.25, -0.2) is 0 Å². The van der Waals surface area contributed by atoms with Gasteiger partial charge >= 0.3 is 5.97 Å². The molecule has 0 radical (unpaired) electrons. The van der Waals surface area contributed by atoms with Gasteiger partial charge in [0.1, 0.15) is 29.8 Å². The van der Waals surface area contributed by atoms with Crippen molar-refractivity contribution in [2.75, 3.05) is 19.7 Å². The Labute approximate surface area is 289 Å². The summed E-state index contributed by atoms with van der Waals surface area (Å²) in [6.45, 7) is 4.09. The van der Waals surface area contributed by atoms with Crippen LogP contribution < -0.4 is 5.32 Å². The number of rotatable bonds is 7. The summed E-state index contributed by atoms with van der Waals surface area (Å²) in [4.78, 5) is 60.2. The summed E-state index contributed by atoms with van der Waals surface area (Å²) in [7, 11) is 0. The second kappa shape index (κ2) is 14.4. The number of aliphatic hydroxyl groups excluding tert-OH is 1. The minimum atomic E-state index is -1.48. The zero-order valence-electron chi connectivity index (χ0n) is 27.2. The van der Waals surface area contributed by atoms with Crippen molar-refractivity contribution < 1.29 is 33.8 Å². The number of hydrogen-bond acceptors (Lipinski definition) is 7. The zero-order valence-corrected chi connectivity index (χ0v) is 28.8. The zero-order chi connectivity index (χ0) is 34.0. The maximum Gasteiger partial charge on any atom is 0.313 e. The van der Waals surface area contributed by atoms with Crippen molar-refractivity contribution in [1.29, 1.82) is 0 Å². The number of unbranched alkanes of at least 4 members (excludes halogenated alkanes) is 1. The van der Waals surface area contributed by atoms with Gasteiger partial charge in [-0.1, -0.05) is 102 Å². The highest BCUT2D eigenvalue weighted by atomic mass is 79.9. The summed E-state index contributed by atoms with van der Waals surface area (Å²) in [5.74, 6) is -3.81. The third kappa shape index (κ3) is 6.12. The monoisotopic (exact) mass is 719 g/mol. The van der Waals surface area contributed by atoms with Crippen molar-refractivity contribution in [3.05, 3.63) is 94.5 Å². The summed E-state index contributed by atoms with van der Waals surface area (Å²) in [5, 5.41) is 13.8. The number of cyclic esters (lactones) is 1. The molecule has 4 aliphatic heterocycles. The van der Waals surface area contributed by atoms with E-state index in [1.54, 1.807) is 17.9 Å². The fourth-order valence-corrected chi connectivity index (χ4v) is 8.36. The number of carbonyl (C=O) groups is 4. The Morgan fingerprint density at radius 1 is 1.00 bits per heavy atom. The highest BCUT2D eigenvalue weighted by Crippen LogP contribution is 2.60. The summed E-state index contributed by atoms with van der Waals surface area (Å²) < 4.78 is 13.5. The number of aliphatic hydroxyl groups is 1. The lowest BCUT2D eigenvalue weighted by atomic mass is 9.74. The number of amides is 3. The van der Waals surface area contributed by atoms with E-state index >= 15 is 0 Å². The molecule has 0 saturated carbocycles. The molecule has 2 N–H and O–H groups in total. The Bertz CT molecular complexity index is 1580. The van der Waals surface area contributed by atoms with E-state index in [1.807, 2.05) is 79.7 Å². The number of benzene rings is 2.